The van der Waals surface area contributed by atoms with Crippen LogP contribution in [0.5, 0.6) is 11.5 Å². The van der Waals surface area contributed by atoms with E-state index in [0.717, 1.165) is 24.1 Å². The molecule has 1 aliphatic carbocycles. The van der Waals surface area contributed by atoms with Gasteiger partial charge in [-0.05, 0) is 61.7 Å². The highest BCUT2D eigenvalue weighted by atomic mass is 19.1. The highest BCUT2D eigenvalue weighted by molar-refractivity contribution is 6.09. The van der Waals surface area contributed by atoms with Gasteiger partial charge in [0.15, 0.2) is 5.78 Å². The molecule has 2 aliphatic rings. The number of carbonyl (C=O) groups is 2. The monoisotopic (exact) mass is 468 g/mol. The molecule has 0 saturated heterocycles. The van der Waals surface area contributed by atoms with Gasteiger partial charge in [-0.15, -0.1) is 0 Å². The summed E-state index contributed by atoms with van der Waals surface area (Å²) in [5.74, 6) is -0.264. The van der Waals surface area contributed by atoms with Crippen LogP contribution in [0.4, 0.5) is 10.1 Å². The van der Waals surface area contributed by atoms with E-state index in [4.69, 9.17) is 4.74 Å². The van der Waals surface area contributed by atoms with Gasteiger partial charge in [0, 0.05) is 34.9 Å². The van der Waals surface area contributed by atoms with Crippen molar-refractivity contribution in [2.75, 3.05) is 5.32 Å². The zero-order valence-corrected chi connectivity index (χ0v) is 19.3. The van der Waals surface area contributed by atoms with Crippen LogP contribution in [-0.2, 0) is 9.59 Å². The zero-order chi connectivity index (χ0) is 24.4. The van der Waals surface area contributed by atoms with Gasteiger partial charge in [-0.1, -0.05) is 42.5 Å². The number of rotatable bonds is 5. The van der Waals surface area contributed by atoms with E-state index >= 15 is 0 Å². The molecule has 1 unspecified atom stereocenters. The smallest absolute Gasteiger partial charge is 0.254 e. The van der Waals surface area contributed by atoms with Crippen molar-refractivity contribution < 1.29 is 18.7 Å². The third kappa shape index (κ3) is 4.60. The maximum atomic E-state index is 14.3. The second-order valence-electron chi connectivity index (χ2n) is 8.69. The van der Waals surface area contributed by atoms with Gasteiger partial charge in [-0.3, -0.25) is 9.59 Å². The van der Waals surface area contributed by atoms with Gasteiger partial charge in [0.05, 0.1) is 5.69 Å². The van der Waals surface area contributed by atoms with Crippen molar-refractivity contribution >= 4 is 17.4 Å². The van der Waals surface area contributed by atoms with Crippen LogP contribution in [0.15, 0.2) is 101 Å². The molecule has 1 amide bonds. The number of Topliss-reactive ketones (excluding diaryl/α,β-unsaturated/α-hetero) is 1. The maximum absolute atomic E-state index is 14.3. The number of benzene rings is 3. The third-order valence-corrected chi connectivity index (χ3v) is 6.31. The lowest BCUT2D eigenvalue weighted by Gasteiger charge is -2.34. The molecule has 0 fully saturated rings. The summed E-state index contributed by atoms with van der Waals surface area (Å²) in [6.45, 7) is 1.82. The number of amides is 1. The predicted molar refractivity (Wildman–Crippen MR) is 132 cm³/mol. The molecule has 5 nitrogen and oxygen atoms in total. The van der Waals surface area contributed by atoms with Crippen molar-refractivity contribution in [2.24, 2.45) is 0 Å². The average Bonchev–Trinajstić information content (AvgIpc) is 2.85. The number of para-hydroxylation sites is 2. The molecule has 0 spiro atoms. The molecule has 1 atom stereocenters. The molecule has 1 aliphatic heterocycles. The Bertz CT molecular complexity index is 1360. The Kier molecular flexibility index (Phi) is 6.19. The van der Waals surface area contributed by atoms with Gasteiger partial charge >= 0.3 is 0 Å². The van der Waals surface area contributed by atoms with Gasteiger partial charge in [-0.2, -0.15) is 0 Å². The molecular formula is C29H25FN2O3. The minimum absolute atomic E-state index is 0.0156. The second-order valence-corrected chi connectivity index (χ2v) is 8.69. The fraction of sp³-hybridized carbons (Fsp3) is 0.172. The maximum Gasteiger partial charge on any atom is 0.254 e. The number of carbonyl (C=O) groups excluding carboxylic acids is 2. The topological polar surface area (TPSA) is 67.4 Å². The van der Waals surface area contributed by atoms with E-state index in [1.807, 2.05) is 61.5 Å². The Morgan fingerprint density at radius 2 is 1.71 bits per heavy atom. The van der Waals surface area contributed by atoms with Crippen molar-refractivity contribution in [2.45, 2.75) is 32.1 Å². The van der Waals surface area contributed by atoms with Gasteiger partial charge in [0.2, 0.25) is 0 Å². The number of ketones is 1. The number of allylic oxidation sites excluding steroid dienone is 3. The number of anilines is 1. The number of ether oxygens (including phenoxy) is 1. The van der Waals surface area contributed by atoms with Crippen LogP contribution in [-0.4, -0.2) is 11.7 Å². The lowest BCUT2D eigenvalue weighted by Crippen LogP contribution is -2.35. The van der Waals surface area contributed by atoms with Crippen molar-refractivity contribution in [1.82, 2.24) is 5.32 Å². The number of dihydropyridines is 1. The molecule has 1 heterocycles. The number of halogens is 1. The van der Waals surface area contributed by atoms with Gasteiger partial charge in [-0.25, -0.2) is 4.39 Å². The minimum Gasteiger partial charge on any atom is -0.457 e. The van der Waals surface area contributed by atoms with E-state index in [1.165, 1.54) is 12.1 Å². The Hall–Kier alpha value is -4.19. The van der Waals surface area contributed by atoms with Crippen molar-refractivity contribution in [1.29, 1.82) is 0 Å². The molecule has 3 aromatic rings. The highest BCUT2D eigenvalue weighted by Crippen LogP contribution is 2.43. The summed E-state index contributed by atoms with van der Waals surface area (Å²) in [5.41, 5.74) is 3.33. The van der Waals surface area contributed by atoms with E-state index in [-0.39, 0.29) is 11.5 Å². The molecule has 0 radical (unpaired) electrons. The van der Waals surface area contributed by atoms with Crippen LogP contribution in [0.25, 0.3) is 0 Å². The first-order valence-electron chi connectivity index (χ1n) is 11.6. The average molecular weight is 469 g/mol. The Morgan fingerprint density at radius 3 is 2.51 bits per heavy atom. The molecule has 3 aromatic carbocycles. The molecule has 0 aromatic heterocycles. The molecule has 0 bridgehead atoms. The van der Waals surface area contributed by atoms with Crippen LogP contribution in [0, 0.1) is 5.82 Å². The Balaban J connectivity index is 1.56. The lowest BCUT2D eigenvalue weighted by molar-refractivity contribution is -0.116. The summed E-state index contributed by atoms with van der Waals surface area (Å²) in [5, 5.41) is 5.98. The largest absolute Gasteiger partial charge is 0.457 e. The normalized spacial score (nSPS) is 17.5. The first kappa shape index (κ1) is 22.6. The second kappa shape index (κ2) is 9.58. The summed E-state index contributed by atoms with van der Waals surface area (Å²) in [7, 11) is 0. The van der Waals surface area contributed by atoms with E-state index < -0.39 is 17.6 Å². The Labute approximate surface area is 203 Å². The zero-order valence-electron chi connectivity index (χ0n) is 19.3. The summed E-state index contributed by atoms with van der Waals surface area (Å²) in [6, 6.07) is 22.9. The number of hydrogen-bond acceptors (Lipinski definition) is 4. The summed E-state index contributed by atoms with van der Waals surface area (Å²) in [4.78, 5) is 26.7. The van der Waals surface area contributed by atoms with E-state index in [1.54, 1.807) is 12.1 Å². The number of nitrogens with one attached hydrogen (secondary N) is 2. The standard InChI is InChI=1S/C29H25FN2O3/c1-18-26(29(34)32-23-14-6-5-13-22(23)30)27(28-24(31-18)15-8-16-25(28)33)19-9-7-12-21(17-19)35-20-10-3-2-4-11-20/h2-7,9-14,17,27,31H,8,15-16H2,1H3,(H,32,34). The van der Waals surface area contributed by atoms with Crippen molar-refractivity contribution in [3.05, 3.63) is 113 Å². The van der Waals surface area contributed by atoms with Gasteiger partial charge in [0.25, 0.3) is 5.91 Å². The lowest BCUT2D eigenvalue weighted by atomic mass is 9.75. The molecule has 35 heavy (non-hydrogen) atoms. The predicted octanol–water partition coefficient (Wildman–Crippen LogP) is 6.22. The van der Waals surface area contributed by atoms with Gasteiger partial charge < -0.3 is 15.4 Å². The first-order chi connectivity index (χ1) is 17.0. The summed E-state index contributed by atoms with van der Waals surface area (Å²) in [6.07, 6.45) is 1.92. The fourth-order valence-electron chi connectivity index (χ4n) is 4.75. The van der Waals surface area contributed by atoms with Crippen molar-refractivity contribution in [3.63, 3.8) is 0 Å². The summed E-state index contributed by atoms with van der Waals surface area (Å²) < 4.78 is 20.3. The molecule has 2 N–H and O–H groups in total. The molecule has 176 valence electrons. The van der Waals surface area contributed by atoms with E-state index in [2.05, 4.69) is 10.6 Å². The Morgan fingerprint density at radius 1 is 0.971 bits per heavy atom. The van der Waals surface area contributed by atoms with Crippen LogP contribution < -0.4 is 15.4 Å². The molecular weight excluding hydrogens is 443 g/mol. The molecule has 6 heteroatoms. The SMILES string of the molecule is CC1=C(C(=O)Nc2ccccc2F)C(c2cccc(Oc3ccccc3)c2)C2=C(CCCC2=O)N1. The quantitative estimate of drug-likeness (QED) is 0.466. The molecule has 5 rings (SSSR count). The first-order valence-corrected chi connectivity index (χ1v) is 11.6. The van der Waals surface area contributed by atoms with Crippen LogP contribution >= 0.6 is 0 Å². The highest BCUT2D eigenvalue weighted by Gasteiger charge is 2.38. The van der Waals surface area contributed by atoms with E-state index in [9.17, 15) is 14.0 Å². The van der Waals surface area contributed by atoms with Gasteiger partial charge in [0.1, 0.15) is 17.3 Å². The minimum atomic E-state index is -0.592. The van der Waals surface area contributed by atoms with Crippen molar-refractivity contribution in [3.8, 4) is 11.5 Å². The third-order valence-electron chi connectivity index (χ3n) is 6.31. The van der Waals surface area contributed by atoms with E-state index in [0.29, 0.717) is 34.8 Å². The summed E-state index contributed by atoms with van der Waals surface area (Å²) >= 11 is 0. The van der Waals surface area contributed by atoms with Crippen LogP contribution in [0.2, 0.25) is 0 Å². The fourth-order valence-corrected chi connectivity index (χ4v) is 4.75. The van der Waals surface area contributed by atoms with Crippen LogP contribution in [0.1, 0.15) is 37.7 Å². The number of hydrogen-bond donors (Lipinski definition) is 2. The molecule has 0 saturated carbocycles. The van der Waals surface area contributed by atoms with Crippen LogP contribution in [0.3, 0.4) is 0 Å².